The zero-order valence-corrected chi connectivity index (χ0v) is 12.7. The van der Waals surface area contributed by atoms with Crippen molar-refractivity contribution in [3.05, 3.63) is 29.3 Å². The summed E-state index contributed by atoms with van der Waals surface area (Å²) in [5.41, 5.74) is -0.545. The number of benzene rings is 1. The number of rotatable bonds is 5. The van der Waals surface area contributed by atoms with Crippen molar-refractivity contribution < 1.29 is 13.6 Å². The molecule has 20 heavy (non-hydrogen) atoms. The van der Waals surface area contributed by atoms with Crippen LogP contribution in [-0.4, -0.2) is 29.9 Å². The van der Waals surface area contributed by atoms with Crippen molar-refractivity contribution in [3.8, 4) is 0 Å². The highest BCUT2D eigenvalue weighted by Crippen LogP contribution is 2.24. The molecular weight excluding hydrogens is 262 g/mol. The fraction of sp³-hybridized carbons (Fsp3) is 0.533. The number of amides is 1. The van der Waals surface area contributed by atoms with Crippen LogP contribution in [0.2, 0.25) is 0 Å². The summed E-state index contributed by atoms with van der Waals surface area (Å²) in [5.74, 6) is -1.89. The minimum absolute atomic E-state index is 0.0191. The van der Waals surface area contributed by atoms with Crippen molar-refractivity contribution in [2.45, 2.75) is 39.7 Å². The van der Waals surface area contributed by atoms with Crippen molar-refractivity contribution in [1.29, 1.82) is 0 Å². The summed E-state index contributed by atoms with van der Waals surface area (Å²) in [4.78, 5) is 13.8. The minimum atomic E-state index is -0.752. The second kappa shape index (κ2) is 6.20. The van der Waals surface area contributed by atoms with Crippen LogP contribution >= 0.6 is 0 Å². The van der Waals surface area contributed by atoms with E-state index >= 15 is 0 Å². The predicted molar refractivity (Wildman–Crippen MR) is 77.0 cm³/mol. The van der Waals surface area contributed by atoms with E-state index < -0.39 is 17.5 Å². The molecular formula is C15H22F2N2O. The summed E-state index contributed by atoms with van der Waals surface area (Å²) >= 11 is 0. The molecule has 3 nitrogen and oxygen atoms in total. The zero-order valence-electron chi connectivity index (χ0n) is 12.7. The SMILES string of the molecule is CCNc1c(F)cc(C(=O)N(C)C(C)(C)CC)cc1F. The van der Waals surface area contributed by atoms with E-state index in [0.717, 1.165) is 18.6 Å². The second-order valence-electron chi connectivity index (χ2n) is 5.38. The molecule has 0 aliphatic heterocycles. The number of nitrogens with one attached hydrogen (secondary N) is 1. The van der Waals surface area contributed by atoms with Gasteiger partial charge in [-0.15, -0.1) is 0 Å². The summed E-state index contributed by atoms with van der Waals surface area (Å²) in [7, 11) is 1.64. The molecule has 0 radical (unpaired) electrons. The summed E-state index contributed by atoms with van der Waals surface area (Å²) < 4.78 is 27.7. The van der Waals surface area contributed by atoms with E-state index in [4.69, 9.17) is 0 Å². The molecule has 0 bridgehead atoms. The van der Waals surface area contributed by atoms with Crippen molar-refractivity contribution >= 4 is 11.6 Å². The molecule has 5 heteroatoms. The van der Waals surface area contributed by atoms with Crippen LogP contribution in [0.25, 0.3) is 0 Å². The van der Waals surface area contributed by atoms with Crippen LogP contribution in [0, 0.1) is 11.6 Å². The topological polar surface area (TPSA) is 32.3 Å². The monoisotopic (exact) mass is 284 g/mol. The number of hydrogen-bond donors (Lipinski definition) is 1. The summed E-state index contributed by atoms with van der Waals surface area (Å²) in [6, 6.07) is 2.15. The van der Waals surface area contributed by atoms with E-state index in [-0.39, 0.29) is 16.8 Å². The maximum absolute atomic E-state index is 13.8. The average Bonchev–Trinajstić information content (AvgIpc) is 2.40. The van der Waals surface area contributed by atoms with Crippen LogP contribution in [0.3, 0.4) is 0 Å². The highest BCUT2D eigenvalue weighted by Gasteiger charge is 2.27. The van der Waals surface area contributed by atoms with Gasteiger partial charge in [-0.2, -0.15) is 0 Å². The van der Waals surface area contributed by atoms with Crippen LogP contribution in [0.15, 0.2) is 12.1 Å². The largest absolute Gasteiger partial charge is 0.381 e. The van der Waals surface area contributed by atoms with Crippen molar-refractivity contribution in [1.82, 2.24) is 4.90 Å². The first-order valence-electron chi connectivity index (χ1n) is 6.75. The van der Waals surface area contributed by atoms with E-state index in [1.165, 1.54) is 4.90 Å². The number of anilines is 1. The Hall–Kier alpha value is -1.65. The van der Waals surface area contributed by atoms with Gasteiger partial charge in [0.15, 0.2) is 0 Å². The van der Waals surface area contributed by atoms with Crippen LogP contribution < -0.4 is 5.32 Å². The second-order valence-corrected chi connectivity index (χ2v) is 5.38. The molecule has 0 spiro atoms. The van der Waals surface area contributed by atoms with E-state index in [9.17, 15) is 13.6 Å². The smallest absolute Gasteiger partial charge is 0.254 e. The molecule has 0 aromatic heterocycles. The van der Waals surface area contributed by atoms with E-state index in [1.807, 2.05) is 20.8 Å². The first-order chi connectivity index (χ1) is 9.24. The Morgan fingerprint density at radius 3 is 2.15 bits per heavy atom. The first-order valence-corrected chi connectivity index (χ1v) is 6.75. The van der Waals surface area contributed by atoms with E-state index in [0.29, 0.717) is 6.54 Å². The molecule has 0 saturated heterocycles. The lowest BCUT2D eigenvalue weighted by Crippen LogP contribution is -2.44. The average molecular weight is 284 g/mol. The van der Waals surface area contributed by atoms with E-state index in [1.54, 1.807) is 14.0 Å². The van der Waals surface area contributed by atoms with Gasteiger partial charge in [-0.1, -0.05) is 6.92 Å². The standard InChI is InChI=1S/C15H22F2N2O/c1-6-15(3,4)19(5)14(20)10-8-11(16)13(18-7-2)12(17)9-10/h8-9,18H,6-7H2,1-5H3. The molecule has 0 unspecified atom stereocenters. The summed E-state index contributed by atoms with van der Waals surface area (Å²) in [6.45, 7) is 7.92. The number of carbonyl (C=O) groups excluding carboxylic acids is 1. The van der Waals surface area contributed by atoms with Crippen LogP contribution in [-0.2, 0) is 0 Å². The van der Waals surface area contributed by atoms with Gasteiger partial charge in [-0.05, 0) is 39.3 Å². The third kappa shape index (κ3) is 3.26. The van der Waals surface area contributed by atoms with Gasteiger partial charge in [0.2, 0.25) is 0 Å². The molecule has 1 aromatic carbocycles. The molecule has 0 aliphatic carbocycles. The van der Waals surface area contributed by atoms with Gasteiger partial charge in [-0.3, -0.25) is 4.79 Å². The van der Waals surface area contributed by atoms with Crippen LogP contribution in [0.1, 0.15) is 44.5 Å². The predicted octanol–water partition coefficient (Wildman–Crippen LogP) is 3.66. The minimum Gasteiger partial charge on any atom is -0.381 e. The lowest BCUT2D eigenvalue weighted by Gasteiger charge is -2.35. The molecule has 0 atom stereocenters. The normalized spacial score (nSPS) is 11.3. The number of halogens is 2. The van der Waals surface area contributed by atoms with Crippen molar-refractivity contribution in [2.24, 2.45) is 0 Å². The van der Waals surface area contributed by atoms with E-state index in [2.05, 4.69) is 5.32 Å². The molecule has 0 saturated carbocycles. The highest BCUT2D eigenvalue weighted by atomic mass is 19.1. The zero-order chi connectivity index (χ0) is 15.5. The molecule has 1 rings (SSSR count). The Morgan fingerprint density at radius 2 is 1.75 bits per heavy atom. The number of carbonyl (C=O) groups is 1. The Balaban J connectivity index is 3.12. The molecule has 1 amide bonds. The number of hydrogen-bond acceptors (Lipinski definition) is 2. The molecule has 0 aliphatic rings. The lowest BCUT2D eigenvalue weighted by molar-refractivity contribution is 0.0619. The fourth-order valence-electron chi connectivity index (χ4n) is 1.75. The van der Waals surface area contributed by atoms with Gasteiger partial charge in [0.1, 0.15) is 17.3 Å². The van der Waals surface area contributed by atoms with Crippen LogP contribution in [0.5, 0.6) is 0 Å². The molecule has 1 N–H and O–H groups in total. The first kappa shape index (κ1) is 16.4. The third-order valence-electron chi connectivity index (χ3n) is 3.72. The Kier molecular flexibility index (Phi) is 5.09. The van der Waals surface area contributed by atoms with Gasteiger partial charge in [0, 0.05) is 24.7 Å². The maximum atomic E-state index is 13.8. The van der Waals surface area contributed by atoms with Gasteiger partial charge in [0.05, 0.1) is 0 Å². The fourth-order valence-corrected chi connectivity index (χ4v) is 1.75. The van der Waals surface area contributed by atoms with Gasteiger partial charge < -0.3 is 10.2 Å². The maximum Gasteiger partial charge on any atom is 0.254 e. The quantitative estimate of drug-likeness (QED) is 0.895. The Morgan fingerprint density at radius 1 is 1.25 bits per heavy atom. The molecule has 0 fully saturated rings. The molecule has 1 aromatic rings. The third-order valence-corrected chi connectivity index (χ3v) is 3.72. The van der Waals surface area contributed by atoms with Gasteiger partial charge >= 0.3 is 0 Å². The molecule has 0 heterocycles. The van der Waals surface area contributed by atoms with Gasteiger partial charge in [-0.25, -0.2) is 8.78 Å². The van der Waals surface area contributed by atoms with Gasteiger partial charge in [0.25, 0.3) is 5.91 Å². The van der Waals surface area contributed by atoms with Crippen molar-refractivity contribution in [2.75, 3.05) is 18.9 Å². The summed E-state index contributed by atoms with van der Waals surface area (Å²) in [6.07, 6.45) is 0.746. The Bertz CT molecular complexity index is 478. The molecule has 112 valence electrons. The van der Waals surface area contributed by atoms with Crippen LogP contribution in [0.4, 0.5) is 14.5 Å². The lowest BCUT2D eigenvalue weighted by atomic mass is 9.98. The summed E-state index contributed by atoms with van der Waals surface area (Å²) in [5, 5.41) is 2.61. The highest BCUT2D eigenvalue weighted by molar-refractivity contribution is 5.95. The van der Waals surface area contributed by atoms with Crippen molar-refractivity contribution in [3.63, 3.8) is 0 Å². The number of nitrogens with zero attached hydrogens (tertiary/aromatic N) is 1. The Labute approximate surface area is 119 Å².